The first kappa shape index (κ1) is 20.9. The number of amides is 1. The third kappa shape index (κ3) is 5.24. The average molecular weight is 350 g/mol. The van der Waals surface area contributed by atoms with Gasteiger partial charge in [0.1, 0.15) is 0 Å². The topological polar surface area (TPSA) is 92.5 Å². The number of hydrogen-bond donors (Lipinski definition) is 2. The van der Waals surface area contributed by atoms with Crippen molar-refractivity contribution in [3.63, 3.8) is 0 Å². The van der Waals surface area contributed by atoms with Crippen molar-refractivity contribution in [1.82, 2.24) is 9.62 Å². The molecule has 1 rings (SSSR count). The highest BCUT2D eigenvalue weighted by atomic mass is 35.5. The highest BCUT2D eigenvalue weighted by molar-refractivity contribution is 7.89. The number of carbonyl (C=O) groups excluding carboxylic acids is 1. The van der Waals surface area contributed by atoms with Crippen LogP contribution in [0, 0.1) is 0 Å². The van der Waals surface area contributed by atoms with Crippen molar-refractivity contribution in [3.8, 4) is 0 Å². The van der Waals surface area contributed by atoms with Gasteiger partial charge in [-0.15, -0.1) is 12.4 Å². The van der Waals surface area contributed by atoms with Gasteiger partial charge in [-0.3, -0.25) is 4.79 Å². The SMILES string of the molecule is CCN(CC)S(=O)(=O)c1ccc(CNC(=O)[C@@H](C)N)cc1.Cl. The summed E-state index contributed by atoms with van der Waals surface area (Å²) in [7, 11) is -3.44. The van der Waals surface area contributed by atoms with Crippen LogP contribution in [0.3, 0.4) is 0 Å². The molecule has 0 aliphatic carbocycles. The van der Waals surface area contributed by atoms with Crippen molar-refractivity contribution in [2.24, 2.45) is 5.73 Å². The highest BCUT2D eigenvalue weighted by Crippen LogP contribution is 2.16. The maximum Gasteiger partial charge on any atom is 0.243 e. The number of benzene rings is 1. The first-order valence-electron chi connectivity index (χ1n) is 6.95. The Morgan fingerprint density at radius 2 is 1.73 bits per heavy atom. The number of hydrogen-bond acceptors (Lipinski definition) is 4. The number of rotatable bonds is 7. The smallest absolute Gasteiger partial charge is 0.243 e. The summed E-state index contributed by atoms with van der Waals surface area (Å²) in [5, 5.41) is 2.68. The molecule has 3 N–H and O–H groups in total. The molecule has 0 saturated carbocycles. The molecular weight excluding hydrogens is 326 g/mol. The summed E-state index contributed by atoms with van der Waals surface area (Å²) in [6, 6.07) is 5.94. The van der Waals surface area contributed by atoms with Gasteiger partial charge in [0.05, 0.1) is 10.9 Å². The second-order valence-electron chi connectivity index (χ2n) is 4.74. The van der Waals surface area contributed by atoms with Crippen LogP contribution in [-0.4, -0.2) is 37.8 Å². The van der Waals surface area contributed by atoms with Gasteiger partial charge >= 0.3 is 0 Å². The second kappa shape index (κ2) is 9.09. The zero-order chi connectivity index (χ0) is 16.0. The Hall–Kier alpha value is -1.15. The molecule has 0 heterocycles. The third-order valence-corrected chi connectivity index (χ3v) is 5.21. The van der Waals surface area contributed by atoms with Crippen molar-refractivity contribution in [2.45, 2.75) is 38.3 Å². The molecule has 22 heavy (non-hydrogen) atoms. The fraction of sp³-hybridized carbons (Fsp3) is 0.500. The molecule has 126 valence electrons. The first-order chi connectivity index (χ1) is 9.82. The van der Waals surface area contributed by atoms with Gasteiger partial charge in [-0.05, 0) is 24.6 Å². The maximum absolute atomic E-state index is 12.3. The van der Waals surface area contributed by atoms with Crippen LogP contribution in [-0.2, 0) is 21.4 Å². The molecule has 0 spiro atoms. The molecule has 0 aromatic heterocycles. The number of halogens is 1. The molecule has 1 aromatic rings. The largest absolute Gasteiger partial charge is 0.351 e. The van der Waals surface area contributed by atoms with E-state index < -0.39 is 16.1 Å². The van der Waals surface area contributed by atoms with Crippen molar-refractivity contribution >= 4 is 28.3 Å². The highest BCUT2D eigenvalue weighted by Gasteiger charge is 2.21. The second-order valence-corrected chi connectivity index (χ2v) is 6.68. The van der Waals surface area contributed by atoms with Crippen molar-refractivity contribution < 1.29 is 13.2 Å². The van der Waals surface area contributed by atoms with Gasteiger partial charge in [-0.25, -0.2) is 8.42 Å². The van der Waals surface area contributed by atoms with Crippen LogP contribution < -0.4 is 11.1 Å². The number of nitrogens with zero attached hydrogens (tertiary/aromatic N) is 1. The van der Waals surface area contributed by atoms with Gasteiger partial charge in [-0.2, -0.15) is 4.31 Å². The lowest BCUT2D eigenvalue weighted by molar-refractivity contribution is -0.122. The van der Waals surface area contributed by atoms with E-state index in [0.717, 1.165) is 5.56 Å². The van der Waals surface area contributed by atoms with Crippen molar-refractivity contribution in [2.75, 3.05) is 13.1 Å². The van der Waals surface area contributed by atoms with Gasteiger partial charge in [-0.1, -0.05) is 26.0 Å². The van der Waals surface area contributed by atoms with E-state index >= 15 is 0 Å². The van der Waals surface area contributed by atoms with Gasteiger partial charge in [0, 0.05) is 19.6 Å². The van der Waals surface area contributed by atoms with E-state index in [9.17, 15) is 13.2 Å². The fourth-order valence-corrected chi connectivity index (χ4v) is 3.30. The minimum atomic E-state index is -3.44. The molecule has 0 radical (unpaired) electrons. The summed E-state index contributed by atoms with van der Waals surface area (Å²) in [6.45, 7) is 6.41. The molecule has 1 atom stereocenters. The zero-order valence-electron chi connectivity index (χ0n) is 13.1. The molecular formula is C14H24ClN3O3S. The minimum absolute atomic E-state index is 0. The van der Waals surface area contributed by atoms with Crippen LogP contribution in [0.5, 0.6) is 0 Å². The molecule has 8 heteroatoms. The fourth-order valence-electron chi connectivity index (χ4n) is 1.84. The Labute approximate surface area is 138 Å². The number of sulfonamides is 1. The van der Waals surface area contributed by atoms with E-state index in [1.54, 1.807) is 45.0 Å². The van der Waals surface area contributed by atoms with Gasteiger partial charge < -0.3 is 11.1 Å². The van der Waals surface area contributed by atoms with Crippen LogP contribution >= 0.6 is 12.4 Å². The van der Waals surface area contributed by atoms with Gasteiger partial charge in [0.2, 0.25) is 15.9 Å². The summed E-state index contributed by atoms with van der Waals surface area (Å²) in [4.78, 5) is 11.6. The maximum atomic E-state index is 12.3. The zero-order valence-corrected chi connectivity index (χ0v) is 14.7. The van der Waals surface area contributed by atoms with Crippen LogP contribution in [0.2, 0.25) is 0 Å². The monoisotopic (exact) mass is 349 g/mol. The molecule has 0 aliphatic heterocycles. The quantitative estimate of drug-likeness (QED) is 0.771. The van der Waals surface area contributed by atoms with E-state index in [4.69, 9.17) is 5.73 Å². The summed E-state index contributed by atoms with van der Waals surface area (Å²) in [5.74, 6) is -0.241. The van der Waals surface area contributed by atoms with E-state index in [2.05, 4.69) is 5.32 Å². The molecule has 6 nitrogen and oxygen atoms in total. The normalized spacial score (nSPS) is 12.6. The standard InChI is InChI=1S/C14H23N3O3S.ClH/c1-4-17(5-2)21(19,20)13-8-6-12(7-9-13)10-16-14(18)11(3)15;/h6-9,11H,4-5,10,15H2,1-3H3,(H,16,18);1H/t11-;/m1./s1. The van der Waals surface area contributed by atoms with E-state index in [-0.39, 0.29) is 23.2 Å². The van der Waals surface area contributed by atoms with E-state index in [1.165, 1.54) is 4.31 Å². The molecule has 0 aliphatic rings. The van der Waals surface area contributed by atoms with Crippen LogP contribution in [0.1, 0.15) is 26.3 Å². The molecule has 1 aromatic carbocycles. The lowest BCUT2D eigenvalue weighted by Gasteiger charge is -2.18. The molecule has 1 amide bonds. The first-order valence-corrected chi connectivity index (χ1v) is 8.39. The number of nitrogens with one attached hydrogen (secondary N) is 1. The van der Waals surface area contributed by atoms with Gasteiger partial charge in [0.15, 0.2) is 0 Å². The molecule has 0 fully saturated rings. The van der Waals surface area contributed by atoms with Crippen LogP contribution in [0.25, 0.3) is 0 Å². The van der Waals surface area contributed by atoms with Crippen LogP contribution in [0.15, 0.2) is 29.2 Å². The summed E-state index contributed by atoms with van der Waals surface area (Å²) >= 11 is 0. The Morgan fingerprint density at radius 3 is 2.14 bits per heavy atom. The third-order valence-electron chi connectivity index (χ3n) is 3.15. The van der Waals surface area contributed by atoms with E-state index in [1.807, 2.05) is 0 Å². The Kier molecular flexibility index (Phi) is 8.62. The minimum Gasteiger partial charge on any atom is -0.351 e. The Bertz CT molecular complexity index is 570. The predicted molar refractivity (Wildman–Crippen MR) is 89.3 cm³/mol. The predicted octanol–water partition coefficient (Wildman–Crippen LogP) is 1.10. The lowest BCUT2D eigenvalue weighted by atomic mass is 10.2. The molecule has 0 saturated heterocycles. The van der Waals surface area contributed by atoms with Crippen molar-refractivity contribution in [1.29, 1.82) is 0 Å². The molecule has 0 unspecified atom stereocenters. The van der Waals surface area contributed by atoms with Crippen LogP contribution in [0.4, 0.5) is 0 Å². The summed E-state index contributed by atoms with van der Waals surface area (Å²) < 4.78 is 26.0. The molecule has 0 bridgehead atoms. The number of carbonyl (C=O) groups is 1. The van der Waals surface area contributed by atoms with Gasteiger partial charge in [0.25, 0.3) is 0 Å². The summed E-state index contributed by atoms with van der Waals surface area (Å²) in [6.07, 6.45) is 0. The Balaban J connectivity index is 0.00000441. The van der Waals surface area contributed by atoms with E-state index in [0.29, 0.717) is 19.6 Å². The average Bonchev–Trinajstić information content (AvgIpc) is 2.46. The lowest BCUT2D eigenvalue weighted by Crippen LogP contribution is -2.37. The summed E-state index contributed by atoms with van der Waals surface area (Å²) in [5.41, 5.74) is 6.27. The van der Waals surface area contributed by atoms with Crippen molar-refractivity contribution in [3.05, 3.63) is 29.8 Å². The Morgan fingerprint density at radius 1 is 1.23 bits per heavy atom. The number of nitrogens with two attached hydrogens (primary N) is 1.